The molecule has 0 unspecified atom stereocenters. The van der Waals surface area contributed by atoms with E-state index in [9.17, 15) is 4.79 Å². The molecule has 0 bridgehead atoms. The van der Waals surface area contributed by atoms with Gasteiger partial charge in [0.15, 0.2) is 5.82 Å². The minimum Gasteiger partial charge on any atom is -0.310 e. The molecule has 0 spiro atoms. The van der Waals surface area contributed by atoms with Gasteiger partial charge >= 0.3 is 0 Å². The highest BCUT2D eigenvalue weighted by atomic mass is 16.1. The van der Waals surface area contributed by atoms with Gasteiger partial charge in [-0.3, -0.25) is 4.79 Å². The Morgan fingerprint density at radius 2 is 1.92 bits per heavy atom. The molecule has 1 aromatic carbocycles. The molecule has 0 saturated heterocycles. The van der Waals surface area contributed by atoms with E-state index < -0.39 is 0 Å². The van der Waals surface area contributed by atoms with E-state index in [2.05, 4.69) is 21.7 Å². The summed E-state index contributed by atoms with van der Waals surface area (Å²) >= 11 is 0. The average molecular weight is 337 g/mol. The standard InChI is InChI=1S/C19H23N5O/c1-2-3-7-13-24-19(25)15-10-5-4-9-14(15)17(22-24)18-21-20-16-11-6-8-12-23(16)18/h4-5,9-10H,2-3,6-8,11-13H2,1H3. The molecular formula is C19H23N5O. The van der Waals surface area contributed by atoms with E-state index in [0.717, 1.165) is 67.8 Å². The molecule has 1 aliphatic heterocycles. The van der Waals surface area contributed by atoms with Crippen molar-refractivity contribution in [3.05, 3.63) is 40.4 Å². The van der Waals surface area contributed by atoms with Crippen LogP contribution in [-0.2, 0) is 19.5 Å². The fourth-order valence-electron chi connectivity index (χ4n) is 3.55. The molecule has 130 valence electrons. The summed E-state index contributed by atoms with van der Waals surface area (Å²) in [7, 11) is 0. The zero-order chi connectivity index (χ0) is 17.2. The summed E-state index contributed by atoms with van der Waals surface area (Å²) in [6.45, 7) is 3.72. The molecule has 3 aromatic rings. The van der Waals surface area contributed by atoms with Crippen LogP contribution in [-0.4, -0.2) is 24.5 Å². The van der Waals surface area contributed by atoms with Crippen LogP contribution in [0.2, 0.25) is 0 Å². The van der Waals surface area contributed by atoms with Crippen molar-refractivity contribution in [3.8, 4) is 11.5 Å². The lowest BCUT2D eigenvalue weighted by Crippen LogP contribution is -2.24. The summed E-state index contributed by atoms with van der Waals surface area (Å²) in [4.78, 5) is 12.8. The Kier molecular flexibility index (Phi) is 4.34. The van der Waals surface area contributed by atoms with Crippen molar-refractivity contribution in [1.82, 2.24) is 24.5 Å². The normalized spacial score (nSPS) is 14.0. The molecule has 2 aromatic heterocycles. The first kappa shape index (κ1) is 16.0. The lowest BCUT2D eigenvalue weighted by molar-refractivity contribution is 0.519. The van der Waals surface area contributed by atoms with Crippen molar-refractivity contribution in [2.24, 2.45) is 0 Å². The molecule has 0 saturated carbocycles. The maximum atomic E-state index is 12.8. The van der Waals surface area contributed by atoms with E-state index >= 15 is 0 Å². The topological polar surface area (TPSA) is 65.6 Å². The number of rotatable bonds is 5. The van der Waals surface area contributed by atoms with Crippen LogP contribution in [0.25, 0.3) is 22.3 Å². The maximum absolute atomic E-state index is 12.8. The number of aryl methyl sites for hydroxylation is 2. The predicted octanol–water partition coefficient (Wildman–Crippen LogP) is 3.18. The Morgan fingerprint density at radius 1 is 1.08 bits per heavy atom. The Balaban J connectivity index is 1.89. The van der Waals surface area contributed by atoms with Crippen LogP contribution in [0.1, 0.15) is 44.9 Å². The second-order valence-electron chi connectivity index (χ2n) is 6.68. The summed E-state index contributed by atoms with van der Waals surface area (Å²) in [6.07, 6.45) is 6.42. The molecule has 0 N–H and O–H groups in total. The highest BCUT2D eigenvalue weighted by Gasteiger charge is 2.21. The van der Waals surface area contributed by atoms with Crippen molar-refractivity contribution >= 4 is 10.8 Å². The Bertz CT molecular complexity index is 956. The van der Waals surface area contributed by atoms with Crippen molar-refractivity contribution in [2.45, 2.75) is 58.5 Å². The van der Waals surface area contributed by atoms with Crippen LogP contribution in [0.5, 0.6) is 0 Å². The van der Waals surface area contributed by atoms with Crippen LogP contribution >= 0.6 is 0 Å². The third-order valence-corrected chi connectivity index (χ3v) is 4.91. The van der Waals surface area contributed by atoms with Crippen molar-refractivity contribution in [2.75, 3.05) is 0 Å². The largest absolute Gasteiger partial charge is 0.310 e. The van der Waals surface area contributed by atoms with Gasteiger partial charge in [-0.1, -0.05) is 38.0 Å². The first-order valence-electron chi connectivity index (χ1n) is 9.22. The zero-order valence-electron chi connectivity index (χ0n) is 14.6. The van der Waals surface area contributed by atoms with Crippen molar-refractivity contribution < 1.29 is 0 Å². The smallest absolute Gasteiger partial charge is 0.274 e. The number of benzene rings is 1. The molecule has 6 heteroatoms. The van der Waals surface area contributed by atoms with E-state index in [1.54, 1.807) is 4.68 Å². The monoisotopic (exact) mass is 337 g/mol. The van der Waals surface area contributed by atoms with Gasteiger partial charge in [0.1, 0.15) is 11.5 Å². The second-order valence-corrected chi connectivity index (χ2v) is 6.68. The lowest BCUT2D eigenvalue weighted by atomic mass is 10.1. The van der Waals surface area contributed by atoms with Gasteiger partial charge in [-0.15, -0.1) is 10.2 Å². The van der Waals surface area contributed by atoms with E-state index in [1.807, 2.05) is 24.3 Å². The summed E-state index contributed by atoms with van der Waals surface area (Å²) in [5.74, 6) is 1.81. The van der Waals surface area contributed by atoms with Gasteiger partial charge in [-0.25, -0.2) is 4.68 Å². The van der Waals surface area contributed by atoms with E-state index in [4.69, 9.17) is 5.10 Å². The predicted molar refractivity (Wildman–Crippen MR) is 97.5 cm³/mol. The minimum absolute atomic E-state index is 0.0196. The SMILES string of the molecule is CCCCCn1nc(-c2nnc3n2CCCC3)c2ccccc2c1=O. The third kappa shape index (κ3) is 2.86. The molecular weight excluding hydrogens is 314 g/mol. The molecule has 6 nitrogen and oxygen atoms in total. The number of hydrogen-bond acceptors (Lipinski definition) is 4. The quantitative estimate of drug-likeness (QED) is 0.671. The Hall–Kier alpha value is -2.50. The summed E-state index contributed by atoms with van der Waals surface area (Å²) in [5, 5.41) is 15.0. The summed E-state index contributed by atoms with van der Waals surface area (Å²) in [5.41, 5.74) is 0.751. The minimum atomic E-state index is -0.0196. The fraction of sp³-hybridized carbons (Fsp3) is 0.474. The summed E-state index contributed by atoms with van der Waals surface area (Å²) in [6, 6.07) is 7.69. The number of nitrogens with zero attached hydrogens (tertiary/aromatic N) is 5. The van der Waals surface area contributed by atoms with Gasteiger partial charge in [0.05, 0.1) is 5.39 Å². The van der Waals surface area contributed by atoms with Gasteiger partial charge in [0, 0.05) is 24.9 Å². The van der Waals surface area contributed by atoms with E-state index in [0.29, 0.717) is 11.9 Å². The Labute approximate surface area is 146 Å². The fourth-order valence-corrected chi connectivity index (χ4v) is 3.55. The molecule has 0 atom stereocenters. The maximum Gasteiger partial charge on any atom is 0.274 e. The molecule has 0 amide bonds. The van der Waals surface area contributed by atoms with Gasteiger partial charge in [0.2, 0.25) is 0 Å². The molecule has 1 aliphatic rings. The number of unbranched alkanes of at least 4 members (excludes halogenated alkanes) is 2. The highest BCUT2D eigenvalue weighted by Crippen LogP contribution is 2.26. The molecule has 4 rings (SSSR count). The highest BCUT2D eigenvalue weighted by molar-refractivity contribution is 5.92. The molecule has 25 heavy (non-hydrogen) atoms. The lowest BCUT2D eigenvalue weighted by Gasteiger charge is -2.16. The van der Waals surface area contributed by atoms with Gasteiger partial charge in [-0.05, 0) is 25.3 Å². The summed E-state index contributed by atoms with van der Waals surface area (Å²) < 4.78 is 3.77. The van der Waals surface area contributed by atoms with Crippen molar-refractivity contribution in [3.63, 3.8) is 0 Å². The van der Waals surface area contributed by atoms with Gasteiger partial charge < -0.3 is 4.57 Å². The van der Waals surface area contributed by atoms with Crippen LogP contribution in [0.4, 0.5) is 0 Å². The molecule has 3 heterocycles. The van der Waals surface area contributed by atoms with Gasteiger partial charge in [0.25, 0.3) is 5.56 Å². The van der Waals surface area contributed by atoms with E-state index in [1.165, 1.54) is 0 Å². The molecule has 0 aliphatic carbocycles. The number of hydrogen-bond donors (Lipinski definition) is 0. The first-order chi connectivity index (χ1) is 12.3. The second kappa shape index (κ2) is 6.78. The first-order valence-corrected chi connectivity index (χ1v) is 9.22. The molecule has 0 fully saturated rings. The van der Waals surface area contributed by atoms with Crippen molar-refractivity contribution in [1.29, 1.82) is 0 Å². The van der Waals surface area contributed by atoms with Crippen LogP contribution in [0, 0.1) is 0 Å². The van der Waals surface area contributed by atoms with Crippen LogP contribution < -0.4 is 5.56 Å². The van der Waals surface area contributed by atoms with Gasteiger partial charge in [-0.2, -0.15) is 5.10 Å². The Morgan fingerprint density at radius 3 is 2.76 bits per heavy atom. The third-order valence-electron chi connectivity index (χ3n) is 4.91. The van der Waals surface area contributed by atoms with Crippen LogP contribution in [0.3, 0.4) is 0 Å². The zero-order valence-corrected chi connectivity index (χ0v) is 14.6. The average Bonchev–Trinajstić information content (AvgIpc) is 3.08. The van der Waals surface area contributed by atoms with Crippen LogP contribution in [0.15, 0.2) is 29.1 Å². The number of aromatic nitrogens is 5. The molecule has 0 radical (unpaired) electrons. The number of fused-ring (bicyclic) bond motifs is 2. The van der Waals surface area contributed by atoms with E-state index in [-0.39, 0.29) is 5.56 Å².